The first kappa shape index (κ1) is 20.7. The zero-order chi connectivity index (χ0) is 21.3. The van der Waals surface area contributed by atoms with Crippen LogP contribution in [-0.2, 0) is 23.1 Å². The Hall–Kier alpha value is -3.05. The van der Waals surface area contributed by atoms with Crippen molar-refractivity contribution in [3.8, 4) is 0 Å². The summed E-state index contributed by atoms with van der Waals surface area (Å²) in [5.41, 5.74) is 0.636. The lowest BCUT2D eigenvalue weighted by Crippen LogP contribution is -2.22. The fourth-order valence-corrected chi connectivity index (χ4v) is 3.95. The van der Waals surface area contributed by atoms with Crippen LogP contribution in [0.5, 0.6) is 0 Å². The number of benzene rings is 1. The molecule has 0 N–H and O–H groups in total. The Kier molecular flexibility index (Phi) is 5.53. The van der Waals surface area contributed by atoms with Crippen molar-refractivity contribution in [1.29, 1.82) is 0 Å². The minimum atomic E-state index is -3.61. The number of imidazole rings is 1. The summed E-state index contributed by atoms with van der Waals surface area (Å²) < 4.78 is 29.1. The minimum absolute atomic E-state index is 0.0327. The molecule has 11 heteroatoms. The van der Waals surface area contributed by atoms with Crippen LogP contribution >= 0.6 is 0 Å². The van der Waals surface area contributed by atoms with E-state index in [0.29, 0.717) is 17.9 Å². The van der Waals surface area contributed by atoms with Gasteiger partial charge >= 0.3 is 0 Å². The number of fused-ring (bicyclic) bond motifs is 1. The van der Waals surface area contributed by atoms with Gasteiger partial charge < -0.3 is 9.13 Å². The van der Waals surface area contributed by atoms with Gasteiger partial charge in [-0.15, -0.1) is 0 Å². The molecule has 0 atom stereocenters. The van der Waals surface area contributed by atoms with Crippen molar-refractivity contribution < 1.29 is 13.3 Å². The summed E-state index contributed by atoms with van der Waals surface area (Å²) in [5, 5.41) is 11.0. The van der Waals surface area contributed by atoms with Crippen molar-refractivity contribution in [1.82, 2.24) is 18.4 Å². The first-order valence-corrected chi connectivity index (χ1v) is 10.4. The molecule has 154 valence electrons. The molecular weight excluding hydrogens is 398 g/mol. The smallest absolute Gasteiger partial charge is 0.285 e. The van der Waals surface area contributed by atoms with Crippen molar-refractivity contribution in [2.45, 2.75) is 31.3 Å². The molecule has 1 aromatic carbocycles. The molecule has 0 spiro atoms. The average Bonchev–Trinajstić information content (AvgIpc) is 3.00. The van der Waals surface area contributed by atoms with Gasteiger partial charge in [-0.2, -0.15) is 0 Å². The van der Waals surface area contributed by atoms with Gasteiger partial charge in [0.2, 0.25) is 10.0 Å². The van der Waals surface area contributed by atoms with Crippen molar-refractivity contribution in [2.24, 2.45) is 0 Å². The van der Waals surface area contributed by atoms with Crippen LogP contribution in [0, 0.1) is 10.1 Å². The number of rotatable bonds is 7. The molecule has 0 radical (unpaired) electrons. The summed E-state index contributed by atoms with van der Waals surface area (Å²) in [5.74, 6) is 0.517. The first-order valence-electron chi connectivity index (χ1n) is 8.91. The largest absolute Gasteiger partial charge is 0.326 e. The van der Waals surface area contributed by atoms with Gasteiger partial charge in [0.25, 0.3) is 11.2 Å². The van der Waals surface area contributed by atoms with Crippen LogP contribution in [0.1, 0.15) is 19.2 Å². The number of nitrogens with zero attached hydrogens (tertiary/aromatic N) is 5. The first-order chi connectivity index (χ1) is 13.6. The third-order valence-electron chi connectivity index (χ3n) is 4.51. The van der Waals surface area contributed by atoms with Crippen molar-refractivity contribution in [3.05, 3.63) is 62.8 Å². The molecule has 0 aliphatic rings. The summed E-state index contributed by atoms with van der Waals surface area (Å²) in [6.07, 6.45) is 1.97. The van der Waals surface area contributed by atoms with Gasteiger partial charge in [0.05, 0.1) is 33.6 Å². The van der Waals surface area contributed by atoms with E-state index in [1.165, 1.54) is 37.0 Å². The van der Waals surface area contributed by atoms with Gasteiger partial charge in [0.1, 0.15) is 5.82 Å². The molecule has 29 heavy (non-hydrogen) atoms. The van der Waals surface area contributed by atoms with E-state index in [-0.39, 0.29) is 22.7 Å². The van der Waals surface area contributed by atoms with Crippen molar-refractivity contribution in [3.63, 3.8) is 0 Å². The maximum atomic E-state index is 12.4. The maximum Gasteiger partial charge on any atom is 0.285 e. The Labute approximate surface area is 167 Å². The minimum Gasteiger partial charge on any atom is -0.326 e. The van der Waals surface area contributed by atoms with Crippen LogP contribution < -0.4 is 5.56 Å². The fraction of sp³-hybridized carbons (Fsp3) is 0.333. The Morgan fingerprint density at radius 3 is 2.55 bits per heavy atom. The second-order valence-electron chi connectivity index (χ2n) is 6.73. The Balaban J connectivity index is 2.13. The lowest BCUT2D eigenvalue weighted by atomic mass is 10.3. The molecule has 0 fully saturated rings. The van der Waals surface area contributed by atoms with Gasteiger partial charge in [0.15, 0.2) is 0 Å². The van der Waals surface area contributed by atoms with E-state index in [4.69, 9.17) is 0 Å². The highest BCUT2D eigenvalue weighted by Crippen LogP contribution is 2.23. The average molecular weight is 419 g/mol. The van der Waals surface area contributed by atoms with Crippen LogP contribution in [0.4, 0.5) is 5.69 Å². The molecule has 0 aliphatic carbocycles. The lowest BCUT2D eigenvalue weighted by molar-refractivity contribution is -0.385. The third-order valence-corrected chi connectivity index (χ3v) is 6.33. The standard InChI is InChI=1S/C18H21N5O5S/c1-4-9-22-16-7-6-14(29(27,28)20(2)3)10-15(16)19-17(22)12-21-11-13(23(25)26)5-8-18(21)24/h5-8,10-11H,4,9,12H2,1-3H3. The van der Waals surface area contributed by atoms with Crippen LogP contribution in [0.3, 0.4) is 0 Å². The highest BCUT2D eigenvalue weighted by Gasteiger charge is 2.20. The lowest BCUT2D eigenvalue weighted by Gasteiger charge is -2.11. The summed E-state index contributed by atoms with van der Waals surface area (Å²) in [4.78, 5) is 27.3. The van der Waals surface area contributed by atoms with Crippen LogP contribution in [0.15, 0.2) is 46.2 Å². The number of hydrogen-bond acceptors (Lipinski definition) is 6. The number of aromatic nitrogens is 3. The van der Waals surface area contributed by atoms with E-state index in [2.05, 4.69) is 4.98 Å². The van der Waals surface area contributed by atoms with E-state index >= 15 is 0 Å². The molecule has 0 bridgehead atoms. The third kappa shape index (κ3) is 3.91. The van der Waals surface area contributed by atoms with Gasteiger partial charge in [-0.25, -0.2) is 17.7 Å². The van der Waals surface area contributed by atoms with Gasteiger partial charge in [-0.3, -0.25) is 14.9 Å². The Morgan fingerprint density at radius 2 is 1.93 bits per heavy atom. The topological polar surface area (TPSA) is 120 Å². The molecule has 3 rings (SSSR count). The van der Waals surface area contributed by atoms with Gasteiger partial charge in [0, 0.05) is 32.8 Å². The zero-order valence-electron chi connectivity index (χ0n) is 16.3. The molecule has 2 heterocycles. The number of sulfonamides is 1. The van der Waals surface area contributed by atoms with Gasteiger partial charge in [-0.1, -0.05) is 6.92 Å². The molecular formula is C18H21N5O5S. The number of pyridine rings is 1. The second kappa shape index (κ2) is 7.76. The van der Waals surface area contributed by atoms with E-state index in [9.17, 15) is 23.3 Å². The summed E-state index contributed by atoms with van der Waals surface area (Å²) >= 11 is 0. The molecule has 10 nitrogen and oxygen atoms in total. The predicted molar refractivity (Wildman–Crippen MR) is 107 cm³/mol. The highest BCUT2D eigenvalue weighted by atomic mass is 32.2. The molecule has 2 aromatic heterocycles. The Bertz CT molecular complexity index is 1240. The monoisotopic (exact) mass is 419 g/mol. The van der Waals surface area contributed by atoms with Gasteiger partial charge in [-0.05, 0) is 24.6 Å². The van der Waals surface area contributed by atoms with E-state index < -0.39 is 14.9 Å². The van der Waals surface area contributed by atoms with E-state index in [0.717, 1.165) is 28.4 Å². The predicted octanol–water partition coefficient (Wildman–Crippen LogP) is 1.81. The molecule has 0 unspecified atom stereocenters. The maximum absolute atomic E-state index is 12.4. The molecule has 0 aliphatic heterocycles. The van der Waals surface area contributed by atoms with E-state index in [1.807, 2.05) is 11.5 Å². The van der Waals surface area contributed by atoms with Crippen LogP contribution in [0.2, 0.25) is 0 Å². The summed E-state index contributed by atoms with van der Waals surface area (Å²) in [7, 11) is -0.704. The SMILES string of the molecule is CCCn1c(Cn2cc([N+](=O)[O-])ccc2=O)nc2cc(S(=O)(=O)N(C)C)ccc21. The van der Waals surface area contributed by atoms with Crippen molar-refractivity contribution in [2.75, 3.05) is 14.1 Å². The fourth-order valence-electron chi connectivity index (χ4n) is 3.03. The quantitative estimate of drug-likeness (QED) is 0.425. The number of aryl methyl sites for hydroxylation is 1. The normalized spacial score (nSPS) is 12.0. The van der Waals surface area contributed by atoms with Crippen molar-refractivity contribution >= 4 is 26.7 Å². The number of nitro groups is 1. The number of hydrogen-bond donors (Lipinski definition) is 0. The Morgan fingerprint density at radius 1 is 1.21 bits per heavy atom. The molecule has 3 aromatic rings. The van der Waals surface area contributed by atoms with Crippen LogP contribution in [0.25, 0.3) is 11.0 Å². The van der Waals surface area contributed by atoms with Crippen LogP contribution in [-0.4, -0.2) is 45.9 Å². The zero-order valence-corrected chi connectivity index (χ0v) is 17.1. The second-order valence-corrected chi connectivity index (χ2v) is 8.88. The molecule has 0 amide bonds. The summed E-state index contributed by atoms with van der Waals surface area (Å²) in [6.45, 7) is 2.63. The summed E-state index contributed by atoms with van der Waals surface area (Å²) in [6, 6.07) is 7.01. The molecule has 0 saturated heterocycles. The highest BCUT2D eigenvalue weighted by molar-refractivity contribution is 7.89. The molecule has 0 saturated carbocycles. The van der Waals surface area contributed by atoms with E-state index in [1.54, 1.807) is 6.07 Å².